The maximum Gasteiger partial charge on any atom is 0.232 e. The predicted molar refractivity (Wildman–Crippen MR) is 112 cm³/mol. The van der Waals surface area contributed by atoms with Crippen LogP contribution in [0.4, 0.5) is 5.69 Å². The number of hydrogen-bond acceptors (Lipinski definition) is 4. The van der Waals surface area contributed by atoms with E-state index >= 15 is 0 Å². The van der Waals surface area contributed by atoms with Crippen LogP contribution >= 0.6 is 0 Å². The Morgan fingerprint density at radius 1 is 1.18 bits per heavy atom. The molecule has 0 aliphatic carbocycles. The SMILES string of the molecule is COc1cccc(N(CCCC(=O)N[C@H](C)c2ccc(C)cc2)S(C)(=O)=O)c1. The number of methoxy groups -OCH3 is 1. The molecular weight excluding hydrogens is 376 g/mol. The van der Waals surface area contributed by atoms with Crippen molar-refractivity contribution in [1.82, 2.24) is 5.32 Å². The molecule has 28 heavy (non-hydrogen) atoms. The smallest absolute Gasteiger partial charge is 0.232 e. The van der Waals surface area contributed by atoms with E-state index < -0.39 is 10.0 Å². The lowest BCUT2D eigenvalue weighted by Gasteiger charge is -2.23. The number of carbonyl (C=O) groups excluding carboxylic acids is 1. The van der Waals surface area contributed by atoms with Crippen molar-refractivity contribution in [2.45, 2.75) is 32.7 Å². The lowest BCUT2D eigenvalue weighted by atomic mass is 10.1. The quantitative estimate of drug-likeness (QED) is 0.695. The zero-order valence-electron chi connectivity index (χ0n) is 16.8. The Kier molecular flexibility index (Phi) is 7.45. The molecular formula is C21H28N2O4S. The molecule has 0 spiro atoms. The summed E-state index contributed by atoms with van der Waals surface area (Å²) in [5, 5.41) is 2.96. The third-order valence-corrected chi connectivity index (χ3v) is 5.66. The number of nitrogens with zero attached hydrogens (tertiary/aromatic N) is 1. The molecule has 2 rings (SSSR count). The van der Waals surface area contributed by atoms with Crippen molar-refractivity contribution in [2.75, 3.05) is 24.2 Å². The summed E-state index contributed by atoms with van der Waals surface area (Å²) in [6.07, 6.45) is 1.81. The number of anilines is 1. The molecule has 0 radical (unpaired) electrons. The molecule has 0 saturated heterocycles. The minimum absolute atomic E-state index is 0.0995. The molecule has 0 saturated carbocycles. The Labute approximate surface area is 167 Å². The van der Waals surface area contributed by atoms with Gasteiger partial charge >= 0.3 is 0 Å². The van der Waals surface area contributed by atoms with Gasteiger partial charge in [-0.25, -0.2) is 8.42 Å². The van der Waals surface area contributed by atoms with Crippen LogP contribution < -0.4 is 14.4 Å². The van der Waals surface area contributed by atoms with Gasteiger partial charge in [0.25, 0.3) is 0 Å². The van der Waals surface area contributed by atoms with Gasteiger partial charge in [-0.05, 0) is 38.0 Å². The van der Waals surface area contributed by atoms with E-state index in [0.717, 1.165) is 11.8 Å². The number of rotatable bonds is 9. The lowest BCUT2D eigenvalue weighted by Crippen LogP contribution is -2.32. The summed E-state index contributed by atoms with van der Waals surface area (Å²) in [6, 6.07) is 14.8. The molecule has 6 nitrogen and oxygen atoms in total. The predicted octanol–water partition coefficient (Wildman–Crippen LogP) is 3.43. The van der Waals surface area contributed by atoms with Gasteiger partial charge in [0.2, 0.25) is 15.9 Å². The van der Waals surface area contributed by atoms with Crippen LogP contribution in [0.3, 0.4) is 0 Å². The zero-order chi connectivity index (χ0) is 20.7. The number of benzene rings is 2. The summed E-state index contributed by atoms with van der Waals surface area (Å²) in [4.78, 5) is 12.3. The van der Waals surface area contributed by atoms with Gasteiger partial charge in [0.1, 0.15) is 5.75 Å². The molecule has 2 aromatic carbocycles. The molecule has 0 aromatic heterocycles. The first kappa shape index (κ1) is 21.8. The Hall–Kier alpha value is -2.54. The fourth-order valence-corrected chi connectivity index (χ4v) is 3.84. The van der Waals surface area contributed by atoms with Gasteiger partial charge in [0.15, 0.2) is 0 Å². The second-order valence-corrected chi connectivity index (χ2v) is 8.75. The van der Waals surface area contributed by atoms with Gasteiger partial charge in [-0.2, -0.15) is 0 Å². The lowest BCUT2D eigenvalue weighted by molar-refractivity contribution is -0.121. The van der Waals surface area contributed by atoms with E-state index in [1.54, 1.807) is 24.3 Å². The first-order chi connectivity index (χ1) is 13.2. The summed E-state index contributed by atoms with van der Waals surface area (Å²) >= 11 is 0. The van der Waals surface area contributed by atoms with Crippen LogP contribution in [-0.4, -0.2) is 34.2 Å². The average molecular weight is 405 g/mol. The highest BCUT2D eigenvalue weighted by atomic mass is 32.2. The number of hydrogen-bond donors (Lipinski definition) is 1. The van der Waals surface area contributed by atoms with E-state index in [0.29, 0.717) is 17.9 Å². The molecule has 0 heterocycles. The number of sulfonamides is 1. The normalized spacial score (nSPS) is 12.3. The standard InChI is InChI=1S/C21H28N2O4S/c1-16-10-12-18(13-11-16)17(2)22-21(24)9-6-14-23(28(4,25)26)19-7-5-8-20(15-19)27-3/h5,7-8,10-13,15,17H,6,9,14H2,1-4H3,(H,22,24)/t17-/m1/s1. The van der Waals surface area contributed by atoms with Crippen LogP contribution in [0, 0.1) is 6.92 Å². The fourth-order valence-electron chi connectivity index (χ4n) is 2.89. The number of aryl methyl sites for hydroxylation is 1. The van der Waals surface area contributed by atoms with E-state index in [1.807, 2.05) is 38.1 Å². The van der Waals surface area contributed by atoms with Gasteiger partial charge in [-0.15, -0.1) is 0 Å². The number of nitrogens with one attached hydrogen (secondary N) is 1. The van der Waals surface area contributed by atoms with Crippen molar-refractivity contribution in [3.8, 4) is 5.75 Å². The van der Waals surface area contributed by atoms with Crippen LogP contribution in [0.5, 0.6) is 5.75 Å². The Balaban J connectivity index is 1.94. The first-order valence-electron chi connectivity index (χ1n) is 9.18. The van der Waals surface area contributed by atoms with E-state index in [4.69, 9.17) is 4.74 Å². The molecule has 0 bridgehead atoms. The van der Waals surface area contributed by atoms with E-state index in [1.165, 1.54) is 17.0 Å². The van der Waals surface area contributed by atoms with Crippen molar-refractivity contribution >= 4 is 21.6 Å². The third kappa shape index (κ3) is 6.27. The second kappa shape index (κ2) is 9.59. The molecule has 2 aromatic rings. The van der Waals surface area contributed by atoms with Crippen LogP contribution in [0.1, 0.15) is 36.9 Å². The Morgan fingerprint density at radius 2 is 1.86 bits per heavy atom. The molecule has 152 valence electrons. The summed E-state index contributed by atoms with van der Waals surface area (Å²) < 4.78 is 30.8. The summed E-state index contributed by atoms with van der Waals surface area (Å²) in [5.41, 5.74) is 2.73. The van der Waals surface area contributed by atoms with Gasteiger partial charge in [-0.1, -0.05) is 35.9 Å². The molecule has 1 atom stereocenters. The minimum atomic E-state index is -3.46. The molecule has 0 aliphatic rings. The van der Waals surface area contributed by atoms with Crippen molar-refractivity contribution < 1.29 is 17.9 Å². The van der Waals surface area contributed by atoms with Gasteiger partial charge in [-0.3, -0.25) is 9.10 Å². The molecule has 1 N–H and O–H groups in total. The van der Waals surface area contributed by atoms with Crippen LogP contribution in [-0.2, 0) is 14.8 Å². The van der Waals surface area contributed by atoms with Crippen LogP contribution in [0.25, 0.3) is 0 Å². The minimum Gasteiger partial charge on any atom is -0.497 e. The maximum atomic E-state index is 12.3. The maximum absolute atomic E-state index is 12.3. The third-order valence-electron chi connectivity index (χ3n) is 4.46. The number of amides is 1. The monoisotopic (exact) mass is 404 g/mol. The van der Waals surface area contributed by atoms with Crippen LogP contribution in [0.2, 0.25) is 0 Å². The highest BCUT2D eigenvalue weighted by molar-refractivity contribution is 7.92. The molecule has 7 heteroatoms. The van der Waals surface area contributed by atoms with E-state index in [9.17, 15) is 13.2 Å². The van der Waals surface area contributed by atoms with E-state index in [2.05, 4.69) is 5.32 Å². The summed E-state index contributed by atoms with van der Waals surface area (Å²) in [6.45, 7) is 4.17. The van der Waals surface area contributed by atoms with Crippen LogP contribution in [0.15, 0.2) is 48.5 Å². The molecule has 0 fully saturated rings. The van der Waals surface area contributed by atoms with Crippen molar-refractivity contribution in [3.63, 3.8) is 0 Å². The highest BCUT2D eigenvalue weighted by Crippen LogP contribution is 2.23. The summed E-state index contributed by atoms with van der Waals surface area (Å²) in [5.74, 6) is 0.475. The zero-order valence-corrected chi connectivity index (χ0v) is 17.6. The Bertz CT molecular complexity index is 895. The number of carbonyl (C=O) groups is 1. The highest BCUT2D eigenvalue weighted by Gasteiger charge is 2.18. The van der Waals surface area contributed by atoms with Crippen molar-refractivity contribution in [2.24, 2.45) is 0 Å². The second-order valence-electron chi connectivity index (χ2n) is 6.84. The fraction of sp³-hybridized carbons (Fsp3) is 0.381. The average Bonchev–Trinajstić information content (AvgIpc) is 2.64. The largest absolute Gasteiger partial charge is 0.497 e. The molecule has 0 aliphatic heterocycles. The summed E-state index contributed by atoms with van der Waals surface area (Å²) in [7, 11) is -1.93. The molecule has 1 amide bonds. The number of ether oxygens (including phenoxy) is 1. The van der Waals surface area contributed by atoms with E-state index in [-0.39, 0.29) is 24.9 Å². The Morgan fingerprint density at radius 3 is 2.46 bits per heavy atom. The topological polar surface area (TPSA) is 75.7 Å². The van der Waals surface area contributed by atoms with Gasteiger partial charge in [0.05, 0.1) is 25.1 Å². The first-order valence-corrected chi connectivity index (χ1v) is 11.0. The van der Waals surface area contributed by atoms with Crippen molar-refractivity contribution in [1.29, 1.82) is 0 Å². The van der Waals surface area contributed by atoms with Gasteiger partial charge < -0.3 is 10.1 Å². The molecule has 0 unspecified atom stereocenters. The van der Waals surface area contributed by atoms with Crippen molar-refractivity contribution in [3.05, 3.63) is 59.7 Å². The van der Waals surface area contributed by atoms with Gasteiger partial charge in [0, 0.05) is 19.0 Å².